The number of carbonyl (C=O) groups is 4. The van der Waals surface area contributed by atoms with Crippen LogP contribution in [0.15, 0.2) is 41.8 Å². The number of aromatic nitrogens is 1. The lowest BCUT2D eigenvalue weighted by atomic mass is 9.97. The number of fused-ring (bicyclic) bond motifs is 1. The van der Waals surface area contributed by atoms with Crippen LogP contribution in [0, 0.1) is 0 Å². The van der Waals surface area contributed by atoms with E-state index in [0.29, 0.717) is 48.7 Å². The number of nitrogens with one attached hydrogen (secondary N) is 1. The maximum Gasteiger partial charge on any atom is 0.289 e. The van der Waals surface area contributed by atoms with Crippen LogP contribution >= 0.6 is 11.3 Å². The van der Waals surface area contributed by atoms with Crippen LogP contribution < -0.4 is 19.6 Å². The number of hydrogen-bond donors (Lipinski definition) is 1. The van der Waals surface area contributed by atoms with Crippen molar-refractivity contribution in [1.29, 1.82) is 0 Å². The highest BCUT2D eigenvalue weighted by Crippen LogP contribution is 2.41. The van der Waals surface area contributed by atoms with Crippen molar-refractivity contribution in [2.45, 2.75) is 18.8 Å². The molecule has 3 heterocycles. The number of methoxy groups -OCH3 is 3. The maximum atomic E-state index is 13.3. The quantitative estimate of drug-likeness (QED) is 0.445. The first-order valence-electron chi connectivity index (χ1n) is 12.2. The van der Waals surface area contributed by atoms with Crippen LogP contribution in [0.5, 0.6) is 17.2 Å². The van der Waals surface area contributed by atoms with E-state index in [9.17, 15) is 19.2 Å². The standard InChI is InChI=1S/C27H26N4O7S/c1-36-20-9-8-18(21(37-2)22(20)38-3)25(33)30-12-10-15(11-13-30)24-28-19(14-39-24)23(32)29-31-26(34)16-6-4-5-7-17(16)27(31)35/h4-9,14-15H,10-13H2,1-3H3,(H,29,32). The van der Waals surface area contributed by atoms with Crippen molar-refractivity contribution in [2.75, 3.05) is 34.4 Å². The summed E-state index contributed by atoms with van der Waals surface area (Å²) in [5, 5.41) is 3.09. The molecule has 11 nitrogen and oxygen atoms in total. The number of rotatable bonds is 7. The third kappa shape index (κ3) is 4.67. The Hall–Kier alpha value is -4.45. The lowest BCUT2D eigenvalue weighted by Crippen LogP contribution is -2.46. The monoisotopic (exact) mass is 550 g/mol. The zero-order valence-electron chi connectivity index (χ0n) is 21.6. The summed E-state index contributed by atoms with van der Waals surface area (Å²) in [4.78, 5) is 57.4. The van der Waals surface area contributed by atoms with Crippen LogP contribution in [0.3, 0.4) is 0 Å². The molecule has 0 atom stereocenters. The van der Waals surface area contributed by atoms with Crippen molar-refractivity contribution in [2.24, 2.45) is 0 Å². The van der Waals surface area contributed by atoms with Crippen LogP contribution in [-0.4, -0.2) is 72.9 Å². The first-order valence-corrected chi connectivity index (χ1v) is 13.1. The highest BCUT2D eigenvalue weighted by Gasteiger charge is 2.37. The van der Waals surface area contributed by atoms with E-state index in [4.69, 9.17) is 14.2 Å². The Bertz CT molecular complexity index is 1430. The summed E-state index contributed by atoms with van der Waals surface area (Å²) >= 11 is 1.34. The van der Waals surface area contributed by atoms with Gasteiger partial charge in [-0.25, -0.2) is 4.98 Å². The smallest absolute Gasteiger partial charge is 0.289 e. The van der Waals surface area contributed by atoms with Crippen LogP contribution in [0.1, 0.15) is 65.3 Å². The first kappa shape index (κ1) is 26.2. The van der Waals surface area contributed by atoms with Gasteiger partial charge >= 0.3 is 0 Å². The Kier molecular flexibility index (Phi) is 7.20. The average molecular weight is 551 g/mol. The number of carbonyl (C=O) groups excluding carboxylic acids is 4. The number of piperidine rings is 1. The van der Waals surface area contributed by atoms with Crippen molar-refractivity contribution in [3.05, 3.63) is 69.2 Å². The Morgan fingerprint density at radius 1 is 0.923 bits per heavy atom. The molecule has 0 unspecified atom stereocenters. The molecular formula is C27H26N4O7S. The highest BCUT2D eigenvalue weighted by atomic mass is 32.1. The molecule has 5 rings (SSSR count). The molecule has 1 N–H and O–H groups in total. The second kappa shape index (κ2) is 10.7. The molecular weight excluding hydrogens is 524 g/mol. The minimum absolute atomic E-state index is 0.0622. The number of hydrogen-bond acceptors (Lipinski definition) is 9. The fourth-order valence-electron chi connectivity index (χ4n) is 4.80. The molecule has 0 bridgehead atoms. The maximum absolute atomic E-state index is 13.3. The van der Waals surface area contributed by atoms with Crippen molar-refractivity contribution in [3.63, 3.8) is 0 Å². The molecule has 0 radical (unpaired) electrons. The molecule has 2 aliphatic heterocycles. The van der Waals surface area contributed by atoms with E-state index in [-0.39, 0.29) is 28.6 Å². The Morgan fingerprint density at radius 2 is 1.56 bits per heavy atom. The molecule has 0 aliphatic carbocycles. The van der Waals surface area contributed by atoms with Crippen LogP contribution in [-0.2, 0) is 0 Å². The fourth-order valence-corrected chi connectivity index (χ4v) is 5.77. The lowest BCUT2D eigenvalue weighted by Gasteiger charge is -2.31. The molecule has 12 heteroatoms. The Balaban J connectivity index is 1.22. The molecule has 202 valence electrons. The molecule has 1 saturated heterocycles. The van der Waals surface area contributed by atoms with E-state index in [1.807, 2.05) is 0 Å². The van der Waals surface area contributed by atoms with Crippen LogP contribution in [0.4, 0.5) is 0 Å². The highest BCUT2D eigenvalue weighted by molar-refractivity contribution is 7.09. The van der Waals surface area contributed by atoms with E-state index < -0.39 is 17.7 Å². The predicted octanol–water partition coefficient (Wildman–Crippen LogP) is 3.13. The normalized spacial score (nSPS) is 15.3. The second-order valence-electron chi connectivity index (χ2n) is 8.95. The minimum atomic E-state index is -0.639. The minimum Gasteiger partial charge on any atom is -0.493 e. The van der Waals surface area contributed by atoms with Crippen molar-refractivity contribution in [3.8, 4) is 17.2 Å². The number of benzene rings is 2. The van der Waals surface area contributed by atoms with E-state index >= 15 is 0 Å². The fraction of sp³-hybridized carbons (Fsp3) is 0.296. The van der Waals surface area contributed by atoms with Gasteiger partial charge < -0.3 is 19.1 Å². The Labute approximate surface area is 228 Å². The topological polar surface area (TPSA) is 127 Å². The van der Waals surface area contributed by atoms with Gasteiger partial charge in [-0.2, -0.15) is 5.01 Å². The zero-order valence-corrected chi connectivity index (χ0v) is 22.4. The van der Waals surface area contributed by atoms with Gasteiger partial charge in [-0.1, -0.05) is 12.1 Å². The molecule has 1 aromatic heterocycles. The van der Waals surface area contributed by atoms with E-state index in [0.717, 1.165) is 10.0 Å². The van der Waals surface area contributed by atoms with Gasteiger partial charge in [0.2, 0.25) is 5.75 Å². The van der Waals surface area contributed by atoms with E-state index in [1.165, 1.54) is 32.7 Å². The van der Waals surface area contributed by atoms with Crippen LogP contribution in [0.25, 0.3) is 0 Å². The summed E-state index contributed by atoms with van der Waals surface area (Å²) in [7, 11) is 4.48. The third-order valence-electron chi connectivity index (χ3n) is 6.83. The summed E-state index contributed by atoms with van der Waals surface area (Å²) in [6.07, 6.45) is 1.32. The van der Waals surface area contributed by atoms with Gasteiger partial charge in [0.1, 0.15) is 5.69 Å². The molecule has 2 aromatic carbocycles. The number of ether oxygens (including phenoxy) is 3. The van der Waals surface area contributed by atoms with Gasteiger partial charge in [-0.3, -0.25) is 24.6 Å². The number of imide groups is 1. The number of likely N-dealkylation sites (tertiary alicyclic amines) is 1. The first-order chi connectivity index (χ1) is 18.9. The summed E-state index contributed by atoms with van der Waals surface area (Å²) in [6.45, 7) is 0.994. The molecule has 39 heavy (non-hydrogen) atoms. The van der Waals surface area contributed by atoms with Gasteiger partial charge in [0.05, 0.1) is 43.0 Å². The van der Waals surface area contributed by atoms with Gasteiger partial charge in [0, 0.05) is 24.4 Å². The van der Waals surface area contributed by atoms with Gasteiger partial charge in [0.15, 0.2) is 11.5 Å². The van der Waals surface area contributed by atoms with Crippen molar-refractivity contribution in [1.82, 2.24) is 20.3 Å². The lowest BCUT2D eigenvalue weighted by molar-refractivity contribution is 0.0516. The third-order valence-corrected chi connectivity index (χ3v) is 7.84. The number of thiazole rings is 1. The zero-order chi connectivity index (χ0) is 27.7. The number of nitrogens with zero attached hydrogens (tertiary/aromatic N) is 3. The number of amides is 4. The second-order valence-corrected chi connectivity index (χ2v) is 9.84. The van der Waals surface area contributed by atoms with E-state index in [1.54, 1.807) is 46.7 Å². The van der Waals surface area contributed by atoms with Gasteiger partial charge in [-0.15, -0.1) is 11.3 Å². The van der Waals surface area contributed by atoms with Gasteiger partial charge in [-0.05, 0) is 37.1 Å². The Morgan fingerprint density at radius 3 is 2.15 bits per heavy atom. The summed E-state index contributed by atoms with van der Waals surface area (Å²) in [5.74, 6) is -0.770. The molecule has 3 aromatic rings. The molecule has 2 aliphatic rings. The van der Waals surface area contributed by atoms with Crippen LogP contribution in [0.2, 0.25) is 0 Å². The SMILES string of the molecule is COc1ccc(C(=O)N2CCC(c3nc(C(=O)NN4C(=O)c5ccccc5C4=O)cs3)CC2)c(OC)c1OC. The predicted molar refractivity (Wildman–Crippen MR) is 140 cm³/mol. The summed E-state index contributed by atoms with van der Waals surface area (Å²) in [6, 6.07) is 9.73. The van der Waals surface area contributed by atoms with Crippen molar-refractivity contribution >= 4 is 35.0 Å². The number of hydrazine groups is 1. The largest absolute Gasteiger partial charge is 0.493 e. The molecule has 4 amide bonds. The van der Waals surface area contributed by atoms with E-state index in [2.05, 4.69) is 10.4 Å². The molecule has 1 fully saturated rings. The summed E-state index contributed by atoms with van der Waals surface area (Å²) < 4.78 is 16.2. The van der Waals surface area contributed by atoms with Gasteiger partial charge in [0.25, 0.3) is 23.6 Å². The summed E-state index contributed by atoms with van der Waals surface area (Å²) in [5.41, 5.74) is 3.38. The average Bonchev–Trinajstić information content (AvgIpc) is 3.56. The van der Waals surface area contributed by atoms with Crippen molar-refractivity contribution < 1.29 is 33.4 Å². The molecule has 0 saturated carbocycles. The molecule has 0 spiro atoms.